The zero-order valence-corrected chi connectivity index (χ0v) is 11.6. The van der Waals surface area contributed by atoms with Gasteiger partial charge in [0.15, 0.2) is 0 Å². The Bertz CT molecular complexity index is 503. The third-order valence-corrected chi connectivity index (χ3v) is 5.57. The summed E-state index contributed by atoms with van der Waals surface area (Å²) in [4.78, 5) is 19.8. The summed E-state index contributed by atoms with van der Waals surface area (Å²) in [6, 6.07) is 0. The number of carboxylic acids is 1. The number of hydrogen-bond acceptors (Lipinski definition) is 3. The lowest BCUT2D eigenvalue weighted by molar-refractivity contribution is -0.136. The largest absolute Gasteiger partial charge is 0.481 e. The lowest BCUT2D eigenvalue weighted by Gasteiger charge is -2.55. The molecule has 20 heavy (non-hydrogen) atoms. The van der Waals surface area contributed by atoms with Crippen LogP contribution in [0.2, 0.25) is 0 Å². The SMILES string of the molecule is O=C(O)Cc1cnc(C23CC4CC(CC(C4)C2)C3)nc1. The van der Waals surface area contributed by atoms with Crippen molar-refractivity contribution in [3.05, 3.63) is 23.8 Å². The standard InChI is InChI=1S/C16H20N2O2/c19-14(20)4-13-8-17-15(18-9-13)16-5-10-1-11(6-16)3-12(2-10)7-16/h8-12H,1-7H2,(H,19,20). The zero-order valence-electron chi connectivity index (χ0n) is 11.6. The third-order valence-electron chi connectivity index (χ3n) is 5.57. The second-order valence-electron chi connectivity index (χ2n) is 7.18. The summed E-state index contributed by atoms with van der Waals surface area (Å²) in [6.45, 7) is 0. The molecule has 5 rings (SSSR count). The topological polar surface area (TPSA) is 63.1 Å². The Hall–Kier alpha value is -1.45. The van der Waals surface area contributed by atoms with Crippen molar-refractivity contribution in [1.29, 1.82) is 0 Å². The average Bonchev–Trinajstić information content (AvgIpc) is 2.37. The number of hydrogen-bond donors (Lipinski definition) is 1. The molecule has 0 saturated heterocycles. The maximum Gasteiger partial charge on any atom is 0.307 e. The van der Waals surface area contributed by atoms with Crippen molar-refractivity contribution in [2.75, 3.05) is 0 Å². The molecule has 0 radical (unpaired) electrons. The van der Waals surface area contributed by atoms with E-state index in [1.807, 2.05) is 0 Å². The minimum absolute atomic E-state index is 0.0150. The van der Waals surface area contributed by atoms with Gasteiger partial charge in [0.1, 0.15) is 5.82 Å². The molecule has 1 heterocycles. The third kappa shape index (κ3) is 1.93. The van der Waals surface area contributed by atoms with E-state index in [1.54, 1.807) is 12.4 Å². The minimum atomic E-state index is -0.823. The summed E-state index contributed by atoms with van der Waals surface area (Å²) in [6.07, 6.45) is 11.4. The Morgan fingerprint density at radius 2 is 1.60 bits per heavy atom. The summed E-state index contributed by atoms with van der Waals surface area (Å²) >= 11 is 0. The molecule has 4 nitrogen and oxygen atoms in total. The van der Waals surface area contributed by atoms with Crippen LogP contribution in [0.15, 0.2) is 12.4 Å². The van der Waals surface area contributed by atoms with Gasteiger partial charge in [-0.05, 0) is 61.8 Å². The summed E-state index contributed by atoms with van der Waals surface area (Å²) in [5.74, 6) is 2.79. The highest BCUT2D eigenvalue weighted by Crippen LogP contribution is 2.59. The Kier molecular flexibility index (Phi) is 2.63. The highest BCUT2D eigenvalue weighted by Gasteiger charge is 2.53. The molecule has 4 bridgehead atoms. The van der Waals surface area contributed by atoms with Crippen LogP contribution in [0.3, 0.4) is 0 Å². The fourth-order valence-corrected chi connectivity index (χ4v) is 5.28. The number of aromatic nitrogens is 2. The van der Waals surface area contributed by atoms with E-state index < -0.39 is 5.97 Å². The number of carbonyl (C=O) groups is 1. The van der Waals surface area contributed by atoms with Crippen molar-refractivity contribution in [1.82, 2.24) is 9.97 Å². The molecule has 4 heteroatoms. The number of aliphatic carboxylic acids is 1. The van der Waals surface area contributed by atoms with Gasteiger partial charge in [-0.2, -0.15) is 0 Å². The first kappa shape index (κ1) is 12.3. The fourth-order valence-electron chi connectivity index (χ4n) is 5.28. The van der Waals surface area contributed by atoms with E-state index >= 15 is 0 Å². The number of carboxylic acid groups (broad SMARTS) is 1. The maximum absolute atomic E-state index is 10.7. The second kappa shape index (κ2) is 4.27. The van der Waals surface area contributed by atoms with Crippen LogP contribution in [-0.4, -0.2) is 21.0 Å². The van der Waals surface area contributed by atoms with Gasteiger partial charge in [0.25, 0.3) is 0 Å². The second-order valence-corrected chi connectivity index (χ2v) is 7.18. The van der Waals surface area contributed by atoms with Crippen LogP contribution in [-0.2, 0) is 16.6 Å². The van der Waals surface area contributed by atoms with E-state index in [9.17, 15) is 4.79 Å². The fraction of sp³-hybridized carbons (Fsp3) is 0.688. The lowest BCUT2D eigenvalue weighted by atomic mass is 9.49. The van der Waals surface area contributed by atoms with Gasteiger partial charge < -0.3 is 5.11 Å². The predicted octanol–water partition coefficient (Wildman–Crippen LogP) is 2.57. The molecular formula is C16H20N2O2. The molecule has 0 atom stereocenters. The number of rotatable bonds is 3. The molecule has 1 N–H and O–H groups in total. The minimum Gasteiger partial charge on any atom is -0.481 e. The molecule has 4 aliphatic carbocycles. The molecule has 1 aromatic rings. The Morgan fingerprint density at radius 3 is 2.05 bits per heavy atom. The van der Waals surface area contributed by atoms with Gasteiger partial charge >= 0.3 is 5.97 Å². The van der Waals surface area contributed by atoms with Crippen LogP contribution in [0.1, 0.15) is 49.9 Å². The van der Waals surface area contributed by atoms with Gasteiger partial charge in [-0.1, -0.05) is 0 Å². The maximum atomic E-state index is 10.7. The van der Waals surface area contributed by atoms with Gasteiger partial charge in [-0.25, -0.2) is 9.97 Å². The molecule has 0 spiro atoms. The van der Waals surface area contributed by atoms with E-state index in [0.29, 0.717) is 5.56 Å². The van der Waals surface area contributed by atoms with Crippen molar-refractivity contribution in [3.63, 3.8) is 0 Å². The van der Waals surface area contributed by atoms with Crippen LogP contribution in [0.5, 0.6) is 0 Å². The molecule has 0 aromatic carbocycles. The van der Waals surface area contributed by atoms with E-state index in [1.165, 1.54) is 38.5 Å². The molecule has 4 saturated carbocycles. The molecule has 1 aromatic heterocycles. The zero-order chi connectivity index (χ0) is 13.7. The Balaban J connectivity index is 1.62. The first-order valence-electron chi connectivity index (χ1n) is 7.66. The Morgan fingerprint density at radius 1 is 1.10 bits per heavy atom. The molecule has 4 aliphatic rings. The van der Waals surface area contributed by atoms with Crippen LogP contribution in [0.25, 0.3) is 0 Å². The molecular weight excluding hydrogens is 252 g/mol. The summed E-state index contributed by atoms with van der Waals surface area (Å²) in [5, 5.41) is 8.81. The molecule has 0 unspecified atom stereocenters. The van der Waals surface area contributed by atoms with Crippen molar-refractivity contribution < 1.29 is 9.90 Å². The molecule has 0 aliphatic heterocycles. The van der Waals surface area contributed by atoms with E-state index in [0.717, 1.165) is 23.6 Å². The Labute approximate surface area is 118 Å². The van der Waals surface area contributed by atoms with Crippen LogP contribution < -0.4 is 0 Å². The predicted molar refractivity (Wildman–Crippen MR) is 73.2 cm³/mol. The smallest absolute Gasteiger partial charge is 0.307 e. The monoisotopic (exact) mass is 272 g/mol. The van der Waals surface area contributed by atoms with Crippen LogP contribution >= 0.6 is 0 Å². The van der Waals surface area contributed by atoms with Crippen LogP contribution in [0.4, 0.5) is 0 Å². The molecule has 106 valence electrons. The summed E-state index contributed by atoms with van der Waals surface area (Å²) in [5.41, 5.74) is 0.905. The van der Waals surface area contributed by atoms with Gasteiger partial charge in [-0.15, -0.1) is 0 Å². The van der Waals surface area contributed by atoms with Crippen LogP contribution in [0, 0.1) is 17.8 Å². The van der Waals surface area contributed by atoms with Crippen molar-refractivity contribution in [2.45, 2.75) is 50.4 Å². The summed E-state index contributed by atoms with van der Waals surface area (Å²) < 4.78 is 0. The molecule has 4 fully saturated rings. The van der Waals surface area contributed by atoms with Crippen molar-refractivity contribution in [3.8, 4) is 0 Å². The average molecular weight is 272 g/mol. The van der Waals surface area contributed by atoms with Gasteiger partial charge in [-0.3, -0.25) is 4.79 Å². The van der Waals surface area contributed by atoms with Gasteiger partial charge in [0.05, 0.1) is 6.42 Å². The number of nitrogens with zero attached hydrogens (tertiary/aromatic N) is 2. The normalized spacial score (nSPS) is 38.1. The first-order chi connectivity index (χ1) is 9.63. The van der Waals surface area contributed by atoms with Crippen molar-refractivity contribution in [2.24, 2.45) is 17.8 Å². The van der Waals surface area contributed by atoms with Crippen molar-refractivity contribution >= 4 is 5.97 Å². The van der Waals surface area contributed by atoms with E-state index in [2.05, 4.69) is 9.97 Å². The quantitative estimate of drug-likeness (QED) is 0.918. The van der Waals surface area contributed by atoms with Gasteiger partial charge in [0, 0.05) is 17.8 Å². The van der Waals surface area contributed by atoms with Gasteiger partial charge in [0.2, 0.25) is 0 Å². The highest BCUT2D eigenvalue weighted by atomic mass is 16.4. The molecule has 0 amide bonds. The van der Waals surface area contributed by atoms with E-state index in [-0.39, 0.29) is 11.8 Å². The van der Waals surface area contributed by atoms with E-state index in [4.69, 9.17) is 5.11 Å². The highest BCUT2D eigenvalue weighted by molar-refractivity contribution is 5.69. The lowest BCUT2D eigenvalue weighted by Crippen LogP contribution is -2.49. The first-order valence-corrected chi connectivity index (χ1v) is 7.66. The summed E-state index contributed by atoms with van der Waals surface area (Å²) in [7, 11) is 0.